The molecule has 3 heteroatoms. The van der Waals surface area contributed by atoms with Crippen molar-refractivity contribution < 1.29 is 0 Å². The topological polar surface area (TPSA) is 29.9 Å². The number of hydrogen-bond acceptors (Lipinski definition) is 2. The van der Waals surface area contributed by atoms with Crippen LogP contribution >= 0.6 is 0 Å². The number of aromatic nitrogens is 2. The van der Waals surface area contributed by atoms with Gasteiger partial charge in [-0.05, 0) is 26.0 Å². The highest BCUT2D eigenvalue weighted by Gasteiger charge is 2.12. The van der Waals surface area contributed by atoms with Crippen LogP contribution in [0.25, 0.3) is 0 Å². The molecule has 0 aliphatic rings. The standard InChI is InChI=1S/C12H21N3/c1-5-10-9-12(15(8-4)14-10)11(6-2)13-7-3/h6,9,11,13H,2,5,7-8H2,1,3-4H3. The lowest BCUT2D eigenvalue weighted by molar-refractivity contribution is 0.550. The maximum atomic E-state index is 4.53. The van der Waals surface area contributed by atoms with Crippen LogP contribution in [0.4, 0.5) is 0 Å². The van der Waals surface area contributed by atoms with Crippen LogP contribution < -0.4 is 5.32 Å². The molecule has 0 saturated heterocycles. The average Bonchev–Trinajstić information content (AvgIpc) is 2.68. The van der Waals surface area contributed by atoms with Crippen molar-refractivity contribution in [2.75, 3.05) is 6.54 Å². The Balaban J connectivity index is 2.98. The number of nitrogens with zero attached hydrogens (tertiary/aromatic N) is 2. The minimum absolute atomic E-state index is 0.211. The van der Waals surface area contributed by atoms with Gasteiger partial charge in [-0.15, -0.1) is 6.58 Å². The highest BCUT2D eigenvalue weighted by Crippen LogP contribution is 2.16. The normalized spacial score (nSPS) is 12.7. The molecule has 1 heterocycles. The molecular formula is C12H21N3. The predicted molar refractivity (Wildman–Crippen MR) is 63.9 cm³/mol. The number of nitrogens with one attached hydrogen (secondary N) is 1. The zero-order chi connectivity index (χ0) is 11.3. The van der Waals surface area contributed by atoms with Gasteiger partial charge in [0.05, 0.1) is 17.4 Å². The van der Waals surface area contributed by atoms with Crippen molar-refractivity contribution in [3.8, 4) is 0 Å². The third-order valence-corrected chi connectivity index (χ3v) is 2.50. The summed E-state index contributed by atoms with van der Waals surface area (Å²) in [5.74, 6) is 0. The fourth-order valence-corrected chi connectivity index (χ4v) is 1.69. The molecular weight excluding hydrogens is 186 g/mol. The fourth-order valence-electron chi connectivity index (χ4n) is 1.69. The lowest BCUT2D eigenvalue weighted by atomic mass is 10.2. The molecule has 0 radical (unpaired) electrons. The van der Waals surface area contributed by atoms with E-state index in [1.807, 2.05) is 10.8 Å². The molecule has 84 valence electrons. The number of likely N-dealkylation sites (N-methyl/N-ethyl adjacent to an activating group) is 1. The largest absolute Gasteiger partial charge is 0.306 e. The second-order valence-corrected chi connectivity index (χ2v) is 3.50. The van der Waals surface area contributed by atoms with Crippen molar-refractivity contribution in [2.24, 2.45) is 0 Å². The maximum Gasteiger partial charge on any atom is 0.0675 e. The molecule has 0 aliphatic heterocycles. The second-order valence-electron chi connectivity index (χ2n) is 3.50. The first-order chi connectivity index (χ1) is 7.26. The van der Waals surface area contributed by atoms with Crippen molar-refractivity contribution in [2.45, 2.75) is 39.8 Å². The minimum atomic E-state index is 0.211. The van der Waals surface area contributed by atoms with Gasteiger partial charge in [-0.2, -0.15) is 5.10 Å². The summed E-state index contributed by atoms with van der Waals surface area (Å²) in [7, 11) is 0. The molecule has 0 spiro atoms. The van der Waals surface area contributed by atoms with E-state index >= 15 is 0 Å². The van der Waals surface area contributed by atoms with Crippen LogP contribution in [0.2, 0.25) is 0 Å². The Morgan fingerprint density at radius 3 is 2.73 bits per heavy atom. The summed E-state index contributed by atoms with van der Waals surface area (Å²) in [4.78, 5) is 0. The lowest BCUT2D eigenvalue weighted by Gasteiger charge is -2.14. The molecule has 1 unspecified atom stereocenters. The molecule has 0 amide bonds. The maximum absolute atomic E-state index is 4.53. The zero-order valence-corrected chi connectivity index (χ0v) is 9.95. The Morgan fingerprint density at radius 2 is 2.27 bits per heavy atom. The van der Waals surface area contributed by atoms with Gasteiger partial charge in [0.1, 0.15) is 0 Å². The number of rotatable bonds is 6. The summed E-state index contributed by atoms with van der Waals surface area (Å²) in [6.07, 6.45) is 2.92. The van der Waals surface area contributed by atoms with E-state index in [2.05, 4.69) is 43.8 Å². The summed E-state index contributed by atoms with van der Waals surface area (Å²) < 4.78 is 2.05. The van der Waals surface area contributed by atoms with Gasteiger partial charge in [-0.1, -0.05) is 19.9 Å². The first-order valence-electron chi connectivity index (χ1n) is 5.69. The Morgan fingerprint density at radius 1 is 1.53 bits per heavy atom. The van der Waals surface area contributed by atoms with Gasteiger partial charge in [0, 0.05) is 6.54 Å². The highest BCUT2D eigenvalue weighted by atomic mass is 15.3. The van der Waals surface area contributed by atoms with Crippen LogP contribution in [0.3, 0.4) is 0 Å². The average molecular weight is 207 g/mol. The van der Waals surface area contributed by atoms with Gasteiger partial charge < -0.3 is 5.32 Å². The van der Waals surface area contributed by atoms with Crippen molar-refractivity contribution in [1.82, 2.24) is 15.1 Å². The first kappa shape index (κ1) is 12.0. The molecule has 0 aromatic carbocycles. The zero-order valence-electron chi connectivity index (χ0n) is 9.95. The van der Waals surface area contributed by atoms with E-state index < -0.39 is 0 Å². The van der Waals surface area contributed by atoms with E-state index in [0.717, 1.165) is 25.2 Å². The predicted octanol–water partition coefficient (Wildman–Crippen LogP) is 2.30. The Labute approximate surface area is 92.2 Å². The van der Waals surface area contributed by atoms with E-state index in [1.165, 1.54) is 5.69 Å². The Hall–Kier alpha value is -1.09. The minimum Gasteiger partial charge on any atom is -0.306 e. The van der Waals surface area contributed by atoms with Gasteiger partial charge in [-0.3, -0.25) is 4.68 Å². The second kappa shape index (κ2) is 5.71. The van der Waals surface area contributed by atoms with Crippen LogP contribution in [0.1, 0.15) is 38.2 Å². The molecule has 0 aliphatic carbocycles. The van der Waals surface area contributed by atoms with E-state index in [9.17, 15) is 0 Å². The molecule has 0 saturated carbocycles. The quantitative estimate of drug-likeness (QED) is 0.725. The number of hydrogen-bond donors (Lipinski definition) is 1. The van der Waals surface area contributed by atoms with Gasteiger partial charge in [0.15, 0.2) is 0 Å². The third kappa shape index (κ3) is 2.69. The van der Waals surface area contributed by atoms with Crippen LogP contribution in [-0.2, 0) is 13.0 Å². The summed E-state index contributed by atoms with van der Waals surface area (Å²) in [5, 5.41) is 7.91. The smallest absolute Gasteiger partial charge is 0.0675 e. The van der Waals surface area contributed by atoms with Crippen LogP contribution in [0.15, 0.2) is 18.7 Å². The summed E-state index contributed by atoms with van der Waals surface area (Å²) in [5.41, 5.74) is 2.36. The van der Waals surface area contributed by atoms with Crippen molar-refractivity contribution >= 4 is 0 Å². The van der Waals surface area contributed by atoms with Crippen molar-refractivity contribution in [1.29, 1.82) is 0 Å². The van der Waals surface area contributed by atoms with Crippen molar-refractivity contribution in [3.63, 3.8) is 0 Å². The summed E-state index contributed by atoms with van der Waals surface area (Å²) in [6.45, 7) is 12.0. The van der Waals surface area contributed by atoms with Crippen LogP contribution in [0.5, 0.6) is 0 Å². The molecule has 1 rings (SSSR count). The fraction of sp³-hybridized carbons (Fsp3) is 0.583. The SMILES string of the molecule is C=CC(NCC)c1cc(CC)nn1CC. The Kier molecular flexibility index (Phi) is 4.56. The van der Waals surface area contributed by atoms with E-state index in [1.54, 1.807) is 0 Å². The lowest BCUT2D eigenvalue weighted by Crippen LogP contribution is -2.21. The third-order valence-electron chi connectivity index (χ3n) is 2.50. The number of aryl methyl sites for hydroxylation is 2. The molecule has 1 aromatic heterocycles. The summed E-state index contributed by atoms with van der Waals surface area (Å²) in [6, 6.07) is 2.38. The van der Waals surface area contributed by atoms with Gasteiger partial charge >= 0.3 is 0 Å². The monoisotopic (exact) mass is 207 g/mol. The molecule has 15 heavy (non-hydrogen) atoms. The van der Waals surface area contributed by atoms with E-state index in [0.29, 0.717) is 0 Å². The van der Waals surface area contributed by atoms with Gasteiger partial charge in [-0.25, -0.2) is 0 Å². The van der Waals surface area contributed by atoms with Crippen molar-refractivity contribution in [3.05, 3.63) is 30.1 Å². The van der Waals surface area contributed by atoms with Crippen LogP contribution in [0, 0.1) is 0 Å². The van der Waals surface area contributed by atoms with Gasteiger partial charge in [0.25, 0.3) is 0 Å². The molecule has 3 nitrogen and oxygen atoms in total. The summed E-state index contributed by atoms with van der Waals surface area (Å²) >= 11 is 0. The highest BCUT2D eigenvalue weighted by molar-refractivity contribution is 5.18. The van der Waals surface area contributed by atoms with E-state index in [-0.39, 0.29) is 6.04 Å². The molecule has 1 atom stereocenters. The van der Waals surface area contributed by atoms with Gasteiger partial charge in [0.2, 0.25) is 0 Å². The molecule has 0 fully saturated rings. The van der Waals surface area contributed by atoms with Crippen LogP contribution in [-0.4, -0.2) is 16.3 Å². The van der Waals surface area contributed by atoms with E-state index in [4.69, 9.17) is 0 Å². The molecule has 1 aromatic rings. The molecule has 0 bridgehead atoms. The first-order valence-corrected chi connectivity index (χ1v) is 5.69. The molecule has 1 N–H and O–H groups in total. The Bertz CT molecular complexity index is 315.